The molecule has 45 heavy (non-hydrogen) atoms. The molecule has 252 valence electrons. The molecule has 0 aliphatic carbocycles. The van der Waals surface area contributed by atoms with Crippen LogP contribution in [0.25, 0.3) is 0 Å². The van der Waals surface area contributed by atoms with Gasteiger partial charge in [-0.05, 0) is 51.7 Å². The quantitative estimate of drug-likeness (QED) is 0.0585. The van der Waals surface area contributed by atoms with E-state index in [-0.39, 0.29) is 0 Å². The van der Waals surface area contributed by atoms with Gasteiger partial charge >= 0.3 is 0 Å². The van der Waals surface area contributed by atoms with Gasteiger partial charge in [-0.3, -0.25) is 0 Å². The van der Waals surface area contributed by atoms with E-state index in [0.29, 0.717) is 51.2 Å². The maximum absolute atomic E-state index is 6.82. The zero-order valence-electron chi connectivity index (χ0n) is 28.7. The second kappa shape index (κ2) is 24.3. The van der Waals surface area contributed by atoms with Crippen molar-refractivity contribution in [2.75, 3.05) is 26.4 Å². The largest absolute Gasteiger partial charge is 0.495 e. The first kappa shape index (κ1) is 38.2. The first-order chi connectivity index (χ1) is 22.1. The van der Waals surface area contributed by atoms with Gasteiger partial charge in [0.25, 0.3) is 0 Å². The van der Waals surface area contributed by atoms with Crippen LogP contribution in [0.2, 0.25) is 0 Å². The van der Waals surface area contributed by atoms with Crippen LogP contribution in [0.4, 0.5) is 0 Å². The smallest absolute Gasteiger partial charge is 0.223 e. The van der Waals surface area contributed by atoms with E-state index in [4.69, 9.17) is 33.2 Å². The zero-order chi connectivity index (χ0) is 32.5. The molecule has 0 bridgehead atoms. The molecule has 2 atom stereocenters. The molecule has 2 unspecified atom stereocenters. The molecule has 0 heterocycles. The lowest BCUT2D eigenvalue weighted by Crippen LogP contribution is -2.33. The molecule has 0 aliphatic rings. The van der Waals surface area contributed by atoms with Crippen molar-refractivity contribution in [2.24, 2.45) is 0 Å². The van der Waals surface area contributed by atoms with E-state index in [1.54, 1.807) is 0 Å². The summed E-state index contributed by atoms with van der Waals surface area (Å²) in [5.41, 5.74) is 2.03. The van der Waals surface area contributed by atoms with Crippen molar-refractivity contribution >= 4 is 0 Å². The van der Waals surface area contributed by atoms with E-state index in [9.17, 15) is 0 Å². The second-order valence-electron chi connectivity index (χ2n) is 10.6. The highest BCUT2D eigenvalue weighted by atomic mass is 16.8. The van der Waals surface area contributed by atoms with Crippen molar-refractivity contribution in [1.82, 2.24) is 0 Å². The van der Waals surface area contributed by atoms with Crippen molar-refractivity contribution in [1.29, 1.82) is 0 Å². The summed E-state index contributed by atoms with van der Waals surface area (Å²) in [6.07, 6.45) is 5.89. The van der Waals surface area contributed by atoms with Crippen LogP contribution in [0.5, 0.6) is 0 Å². The minimum atomic E-state index is -0.928. The molecule has 7 heteroatoms. The van der Waals surface area contributed by atoms with Crippen LogP contribution < -0.4 is 0 Å². The Hall–Kier alpha value is -3.00. The molecule has 0 spiro atoms. The van der Waals surface area contributed by atoms with Gasteiger partial charge in [0.2, 0.25) is 12.6 Å². The molecule has 7 nitrogen and oxygen atoms in total. The van der Waals surface area contributed by atoms with Gasteiger partial charge < -0.3 is 33.2 Å². The van der Waals surface area contributed by atoms with Crippen molar-refractivity contribution < 1.29 is 33.2 Å². The van der Waals surface area contributed by atoms with Gasteiger partial charge in [0.1, 0.15) is 11.5 Å². The maximum Gasteiger partial charge on any atom is 0.223 e. The van der Waals surface area contributed by atoms with Gasteiger partial charge in [0.15, 0.2) is 11.5 Å². The third-order valence-electron chi connectivity index (χ3n) is 6.96. The van der Waals surface area contributed by atoms with Crippen molar-refractivity contribution in [3.63, 3.8) is 0 Å². The predicted octanol–water partition coefficient (Wildman–Crippen LogP) is 9.82. The number of ether oxygens (including phenoxy) is 7. The molecule has 0 amide bonds. The molecule has 0 fully saturated rings. The number of rotatable bonds is 26. The Bertz CT molecular complexity index is 983. The summed E-state index contributed by atoms with van der Waals surface area (Å²) < 4.78 is 44.9. The van der Waals surface area contributed by atoms with Gasteiger partial charge in [-0.15, -0.1) is 0 Å². The van der Waals surface area contributed by atoms with Gasteiger partial charge in [-0.1, -0.05) is 100 Å². The summed E-state index contributed by atoms with van der Waals surface area (Å²) in [5, 5.41) is 0. The molecule has 2 aromatic rings. The highest BCUT2D eigenvalue weighted by Crippen LogP contribution is 2.29. The predicted molar refractivity (Wildman–Crippen MR) is 180 cm³/mol. The highest BCUT2D eigenvalue weighted by Gasteiger charge is 2.32. The van der Waals surface area contributed by atoms with Gasteiger partial charge in [0, 0.05) is 12.8 Å². The number of allylic oxidation sites excluding steroid dienone is 2. The summed E-state index contributed by atoms with van der Waals surface area (Å²) in [6.45, 7) is 14.8. The van der Waals surface area contributed by atoms with E-state index in [1.807, 2.05) is 88.4 Å². The first-order valence-electron chi connectivity index (χ1n) is 17.0. The molecule has 0 N–H and O–H groups in total. The Kier molecular flexibility index (Phi) is 20.6. The van der Waals surface area contributed by atoms with Crippen LogP contribution in [0.1, 0.15) is 104 Å². The van der Waals surface area contributed by atoms with Crippen molar-refractivity contribution in [3.05, 3.63) is 94.8 Å². The topological polar surface area (TPSA) is 64.6 Å². The normalized spacial score (nSPS) is 13.8. The van der Waals surface area contributed by atoms with Crippen molar-refractivity contribution in [2.45, 2.75) is 119 Å². The molecule has 0 saturated heterocycles. The molecule has 0 aliphatic heterocycles. The Morgan fingerprint density at radius 1 is 0.489 bits per heavy atom. The SMILES string of the molecule is CCCCCC(OCC)=C(OCC)C(OCc1ccccc1)OC(OCc1ccccc1)C(OCC)=C(CCCCC)OCC. The van der Waals surface area contributed by atoms with Crippen LogP contribution in [0, 0.1) is 0 Å². The standard InChI is InChI=1S/C38H58O7/c1-7-13-17-27-33(39-9-3)35(41-11-5)37(43-29-31-23-19-15-20-24-31)45-38(44-30-32-25-21-16-22-26-32)36(42-12-6)34(40-10-4)28-18-14-8-2/h15-16,19-26,37-38H,7-14,17-18,27-30H2,1-6H3. The van der Waals surface area contributed by atoms with Gasteiger partial charge in [-0.25, -0.2) is 0 Å². The third-order valence-corrected chi connectivity index (χ3v) is 6.96. The number of hydrogen-bond donors (Lipinski definition) is 0. The first-order valence-corrected chi connectivity index (χ1v) is 17.0. The molecule has 2 rings (SSSR count). The maximum atomic E-state index is 6.82. The Balaban J connectivity index is 2.63. The minimum Gasteiger partial charge on any atom is -0.495 e. The average Bonchev–Trinajstić information content (AvgIpc) is 3.07. The summed E-state index contributed by atoms with van der Waals surface area (Å²) in [7, 11) is 0. The lowest BCUT2D eigenvalue weighted by Gasteiger charge is -2.30. The lowest BCUT2D eigenvalue weighted by atomic mass is 10.1. The van der Waals surface area contributed by atoms with Crippen LogP contribution in [-0.4, -0.2) is 39.0 Å². The van der Waals surface area contributed by atoms with E-state index in [1.165, 1.54) is 0 Å². The van der Waals surface area contributed by atoms with E-state index >= 15 is 0 Å². The van der Waals surface area contributed by atoms with Gasteiger partial charge in [0.05, 0.1) is 39.6 Å². The van der Waals surface area contributed by atoms with Crippen molar-refractivity contribution in [3.8, 4) is 0 Å². The van der Waals surface area contributed by atoms with Gasteiger partial charge in [-0.2, -0.15) is 0 Å². The van der Waals surface area contributed by atoms with E-state index in [2.05, 4.69) is 13.8 Å². The fourth-order valence-corrected chi connectivity index (χ4v) is 4.78. The van der Waals surface area contributed by atoms with Crippen LogP contribution in [0.3, 0.4) is 0 Å². The summed E-state index contributed by atoms with van der Waals surface area (Å²) in [6, 6.07) is 20.1. The van der Waals surface area contributed by atoms with Crippen LogP contribution in [0.15, 0.2) is 83.7 Å². The average molecular weight is 627 g/mol. The number of unbranched alkanes of at least 4 members (excludes halogenated alkanes) is 4. The molecular formula is C38H58O7. The summed E-state index contributed by atoms with van der Waals surface area (Å²) in [4.78, 5) is 0. The Morgan fingerprint density at radius 2 is 0.867 bits per heavy atom. The summed E-state index contributed by atoms with van der Waals surface area (Å²) >= 11 is 0. The number of benzene rings is 2. The van der Waals surface area contributed by atoms with E-state index < -0.39 is 12.6 Å². The Morgan fingerprint density at radius 3 is 1.20 bits per heavy atom. The zero-order valence-corrected chi connectivity index (χ0v) is 28.7. The minimum absolute atomic E-state index is 0.310. The van der Waals surface area contributed by atoms with Crippen LogP contribution in [-0.2, 0) is 46.4 Å². The molecule has 0 radical (unpaired) electrons. The fraction of sp³-hybridized carbons (Fsp3) is 0.579. The lowest BCUT2D eigenvalue weighted by molar-refractivity contribution is -0.248. The number of hydrogen-bond acceptors (Lipinski definition) is 7. The molecular weight excluding hydrogens is 568 g/mol. The molecule has 0 aromatic heterocycles. The highest BCUT2D eigenvalue weighted by molar-refractivity contribution is 5.15. The third kappa shape index (κ3) is 14.8. The van der Waals surface area contributed by atoms with E-state index in [0.717, 1.165) is 74.0 Å². The Labute approximate surface area is 272 Å². The molecule has 2 aromatic carbocycles. The second-order valence-corrected chi connectivity index (χ2v) is 10.6. The fourth-order valence-electron chi connectivity index (χ4n) is 4.78. The summed E-state index contributed by atoms with van der Waals surface area (Å²) in [5.74, 6) is 2.53. The monoisotopic (exact) mass is 626 g/mol. The molecule has 0 saturated carbocycles. The van der Waals surface area contributed by atoms with Crippen LogP contribution >= 0.6 is 0 Å².